The molecule has 4 aromatic rings. The molecule has 1 aromatic heterocycles. The van der Waals surface area contributed by atoms with Gasteiger partial charge in [0.05, 0.1) is 34.9 Å². The van der Waals surface area contributed by atoms with Gasteiger partial charge in [0.1, 0.15) is 17.7 Å². The van der Waals surface area contributed by atoms with Crippen molar-refractivity contribution in [2.75, 3.05) is 72.0 Å². The fourth-order valence-electron chi connectivity index (χ4n) is 11.9. The normalized spacial score (nSPS) is 20.4. The molecule has 5 heterocycles. The minimum Gasteiger partial charge on any atom is -0.372 e. The second-order valence-electron chi connectivity index (χ2n) is 23.1. The van der Waals surface area contributed by atoms with E-state index < -0.39 is 17.8 Å². The highest BCUT2D eigenvalue weighted by atomic mass is 19.1. The smallest absolute Gasteiger partial charge is 0.272 e. The Hall–Kier alpha value is -6.07. The summed E-state index contributed by atoms with van der Waals surface area (Å²) in [6.07, 6.45) is 11.4. The molecule has 2 atom stereocenters. The Morgan fingerprint density at radius 2 is 1.49 bits per heavy atom. The van der Waals surface area contributed by atoms with Crippen molar-refractivity contribution in [1.29, 1.82) is 0 Å². The number of carbonyl (C=O) groups excluding carboxylic acids is 5. The number of likely N-dealkylation sites (tertiary alicyclic amines) is 3. The maximum Gasteiger partial charge on any atom is 0.272 e. The van der Waals surface area contributed by atoms with Crippen LogP contribution < -0.4 is 10.9 Å². The van der Waals surface area contributed by atoms with Gasteiger partial charge in [0.2, 0.25) is 24.1 Å². The molecule has 15 nitrogen and oxygen atoms in total. The van der Waals surface area contributed by atoms with Gasteiger partial charge in [-0.25, -0.2) is 13.9 Å². The predicted octanol–water partition coefficient (Wildman–Crippen LogP) is 7.38. The molecule has 4 aliphatic heterocycles. The number of H-pyrrole nitrogens is 1. The zero-order chi connectivity index (χ0) is 54.1. The highest BCUT2D eigenvalue weighted by Crippen LogP contribution is 2.34. The van der Waals surface area contributed by atoms with Gasteiger partial charge in [0.15, 0.2) is 0 Å². The van der Waals surface area contributed by atoms with E-state index in [0.717, 1.165) is 89.4 Å². The quantitative estimate of drug-likeness (QED) is 0.138. The molecule has 5 amide bonds. The molecule has 4 saturated heterocycles. The lowest BCUT2D eigenvalue weighted by molar-refractivity contribution is -0.150. The topological polar surface area (TPSA) is 169 Å². The summed E-state index contributed by atoms with van der Waals surface area (Å²) in [6.45, 7) is 15.6. The maximum atomic E-state index is 15.0. The van der Waals surface area contributed by atoms with Crippen LogP contribution in [0.1, 0.15) is 137 Å². The fourth-order valence-corrected chi connectivity index (χ4v) is 11.9. The van der Waals surface area contributed by atoms with Crippen molar-refractivity contribution in [3.05, 3.63) is 111 Å². The fraction of sp³-hybridized carbons (Fsp3) is 0.576. The Morgan fingerprint density at radius 1 is 0.803 bits per heavy atom. The van der Waals surface area contributed by atoms with E-state index in [1.807, 2.05) is 54.8 Å². The van der Waals surface area contributed by atoms with E-state index in [2.05, 4.69) is 27.3 Å². The number of aromatic nitrogens is 2. The third-order valence-corrected chi connectivity index (χ3v) is 16.5. The second kappa shape index (κ2) is 24.9. The molecule has 5 fully saturated rings. The van der Waals surface area contributed by atoms with Crippen LogP contribution in [-0.4, -0.2) is 154 Å². The molecule has 3 aromatic carbocycles. The number of rotatable bonds is 12. The number of carbonyl (C=O) groups is 5. The van der Waals surface area contributed by atoms with E-state index >= 15 is 4.39 Å². The first kappa shape index (κ1) is 56.1. The van der Waals surface area contributed by atoms with Crippen LogP contribution in [0.25, 0.3) is 10.8 Å². The summed E-state index contributed by atoms with van der Waals surface area (Å²) in [6, 6.07) is 16.7. The van der Waals surface area contributed by atoms with Crippen LogP contribution in [0.4, 0.5) is 8.78 Å². The largest absolute Gasteiger partial charge is 0.372 e. The lowest BCUT2D eigenvalue weighted by Crippen LogP contribution is -2.55. The average molecular weight is 1050 g/mol. The van der Waals surface area contributed by atoms with Gasteiger partial charge >= 0.3 is 0 Å². The number of fused-ring (bicyclic) bond motifs is 1. The molecule has 1 saturated carbocycles. The SMILES string of the molecule is CC1(OC2CCN(CC(=O)N3CCN(C(=O)c4cc(Cc5n[nH]c(=O)c6ccccc56)ccc4F)CC3)CC2)CCN(C(=O)C(NC=O)C2CCCCC2)CC1.Cc1cccc(C2CCCN(C(=O)C(C)(C)C)C2)c1F. The second-order valence-corrected chi connectivity index (χ2v) is 23.1. The molecule has 5 aliphatic rings. The van der Waals surface area contributed by atoms with Crippen LogP contribution in [0.3, 0.4) is 0 Å². The number of benzene rings is 3. The van der Waals surface area contributed by atoms with Crippen molar-refractivity contribution in [3.8, 4) is 0 Å². The van der Waals surface area contributed by atoms with E-state index in [4.69, 9.17) is 4.74 Å². The molecule has 76 heavy (non-hydrogen) atoms. The number of hydrogen-bond acceptors (Lipinski definition) is 9. The Balaban J connectivity index is 0.000000320. The summed E-state index contributed by atoms with van der Waals surface area (Å²) in [4.78, 5) is 85.5. The van der Waals surface area contributed by atoms with Crippen molar-refractivity contribution in [3.63, 3.8) is 0 Å². The number of nitrogens with zero attached hydrogens (tertiary/aromatic N) is 6. The number of aryl methyl sites for hydroxylation is 1. The van der Waals surface area contributed by atoms with Gasteiger partial charge in [-0.3, -0.25) is 33.7 Å². The lowest BCUT2D eigenvalue weighted by Gasteiger charge is -2.44. The first-order valence-electron chi connectivity index (χ1n) is 27.7. The minimum absolute atomic E-state index is 0.0184. The molecule has 2 unspecified atom stereocenters. The Kier molecular flexibility index (Phi) is 18.4. The van der Waals surface area contributed by atoms with Crippen LogP contribution >= 0.6 is 0 Å². The number of piperidine rings is 3. The van der Waals surface area contributed by atoms with E-state index in [9.17, 15) is 33.2 Å². The summed E-state index contributed by atoms with van der Waals surface area (Å²) >= 11 is 0. The monoisotopic (exact) mass is 1050 g/mol. The molecule has 0 radical (unpaired) electrons. The molecular weight excluding hydrogens is 971 g/mol. The van der Waals surface area contributed by atoms with Gasteiger partial charge in [0.25, 0.3) is 11.5 Å². The van der Waals surface area contributed by atoms with Crippen molar-refractivity contribution in [1.82, 2.24) is 40.0 Å². The van der Waals surface area contributed by atoms with Crippen molar-refractivity contribution in [2.45, 2.75) is 135 Å². The lowest BCUT2D eigenvalue weighted by atomic mass is 9.83. The third kappa shape index (κ3) is 13.7. The zero-order valence-corrected chi connectivity index (χ0v) is 45.2. The molecule has 17 heteroatoms. The standard InChI is InChI=1S/C42H54FN7O6.C17H24FNO/c1-42(15-19-49(20-16-42)41(55)38(44-28-51)30-7-3-2-4-8-30)56-31-13-17-47(18-14-31)27-37(52)48-21-23-50(24-22-48)40(54)34-25-29(11-12-35(34)43)26-36-32-9-5-6-10-33(32)39(53)46-45-36;1-12-7-5-9-14(15(12)18)13-8-6-10-19(11-13)16(20)17(2,3)4/h5-6,9-12,25,28,30-31,38H,2-4,7-8,13-24,26-27H2,1H3,(H,44,51)(H,46,53);5,7,9,13H,6,8,10-11H2,1-4H3. The molecule has 0 bridgehead atoms. The zero-order valence-electron chi connectivity index (χ0n) is 45.2. The highest BCUT2D eigenvalue weighted by molar-refractivity contribution is 5.95. The minimum atomic E-state index is -0.606. The Morgan fingerprint density at radius 3 is 2.17 bits per heavy atom. The van der Waals surface area contributed by atoms with Crippen LogP contribution in [-0.2, 0) is 30.3 Å². The van der Waals surface area contributed by atoms with E-state index in [-0.39, 0.29) is 63.6 Å². The molecule has 9 rings (SSSR count). The average Bonchev–Trinajstić information content (AvgIpc) is 3.43. The molecule has 1 aliphatic carbocycles. The van der Waals surface area contributed by atoms with Gasteiger partial charge in [-0.2, -0.15) is 5.10 Å². The number of hydrogen-bond donors (Lipinski definition) is 2. The van der Waals surface area contributed by atoms with Crippen LogP contribution in [0.2, 0.25) is 0 Å². The summed E-state index contributed by atoms with van der Waals surface area (Å²) in [5, 5.41) is 10.8. The molecule has 410 valence electrons. The molecular formula is C59H78F2N8O7. The molecule has 2 N–H and O–H groups in total. The number of halogens is 2. The number of piperazine rings is 1. The van der Waals surface area contributed by atoms with Crippen LogP contribution in [0.5, 0.6) is 0 Å². The summed E-state index contributed by atoms with van der Waals surface area (Å²) in [5.41, 5.74) is 1.77. The van der Waals surface area contributed by atoms with E-state index in [1.165, 1.54) is 12.5 Å². The Bertz CT molecular complexity index is 2750. The van der Waals surface area contributed by atoms with E-state index in [1.54, 1.807) is 47.1 Å². The predicted molar refractivity (Wildman–Crippen MR) is 288 cm³/mol. The highest BCUT2D eigenvalue weighted by Gasteiger charge is 2.40. The maximum absolute atomic E-state index is 15.0. The van der Waals surface area contributed by atoms with Gasteiger partial charge in [-0.15, -0.1) is 0 Å². The number of ether oxygens (including phenoxy) is 1. The summed E-state index contributed by atoms with van der Waals surface area (Å²) < 4.78 is 35.9. The summed E-state index contributed by atoms with van der Waals surface area (Å²) in [7, 11) is 0. The van der Waals surface area contributed by atoms with Crippen molar-refractivity contribution < 1.29 is 37.5 Å². The van der Waals surface area contributed by atoms with Gasteiger partial charge < -0.3 is 29.7 Å². The van der Waals surface area contributed by atoms with Crippen LogP contribution in [0, 0.1) is 29.9 Å². The van der Waals surface area contributed by atoms with Crippen molar-refractivity contribution >= 4 is 40.8 Å². The number of amides is 5. The first-order valence-corrected chi connectivity index (χ1v) is 27.7. The Labute approximate surface area is 446 Å². The molecule has 0 spiro atoms. The van der Waals surface area contributed by atoms with Gasteiger partial charge in [-0.05, 0) is 106 Å². The van der Waals surface area contributed by atoms with Crippen molar-refractivity contribution in [2.24, 2.45) is 11.3 Å². The van der Waals surface area contributed by atoms with E-state index in [0.29, 0.717) is 92.8 Å². The van der Waals surface area contributed by atoms with Gasteiger partial charge in [-0.1, -0.05) is 82.5 Å². The number of aromatic amines is 1. The first-order chi connectivity index (χ1) is 36.4. The van der Waals surface area contributed by atoms with Crippen LogP contribution in [0.15, 0.2) is 65.5 Å². The van der Waals surface area contributed by atoms with Gasteiger partial charge in [0, 0.05) is 88.6 Å². The summed E-state index contributed by atoms with van der Waals surface area (Å²) in [5.74, 6) is -0.590. The third-order valence-electron chi connectivity index (χ3n) is 16.5. The number of nitrogens with one attached hydrogen (secondary N) is 2.